The molecule has 0 radical (unpaired) electrons. The van der Waals surface area contributed by atoms with E-state index in [0.29, 0.717) is 19.6 Å². The lowest BCUT2D eigenvalue weighted by molar-refractivity contribution is -0.136. The van der Waals surface area contributed by atoms with E-state index < -0.39 is 16.1 Å². The number of carbonyl (C=O) groups is 1. The molecule has 2 rings (SSSR count). The fourth-order valence-corrected chi connectivity index (χ4v) is 3.20. The largest absolute Gasteiger partial charge is 0.332 e. The molecule has 22 heavy (non-hydrogen) atoms. The first-order valence-electron chi connectivity index (χ1n) is 6.77. The summed E-state index contributed by atoms with van der Waals surface area (Å²) in [6.45, 7) is 3.41. The fraction of sp³-hybridized carbons (Fsp3) is 0.538. The number of piperazine rings is 1. The maximum atomic E-state index is 12.5. The van der Waals surface area contributed by atoms with Crippen LogP contribution in [0.2, 0.25) is 0 Å². The fourth-order valence-electron chi connectivity index (χ4n) is 2.46. The van der Waals surface area contributed by atoms with Gasteiger partial charge in [0, 0.05) is 32.0 Å². The van der Waals surface area contributed by atoms with Crippen LogP contribution in [0.15, 0.2) is 24.5 Å². The minimum Gasteiger partial charge on any atom is -0.332 e. The minimum absolute atomic E-state index is 0. The highest BCUT2D eigenvalue weighted by Crippen LogP contribution is 2.22. The molecule has 1 aliphatic rings. The molecule has 2 atom stereocenters. The van der Waals surface area contributed by atoms with Crippen molar-refractivity contribution in [2.45, 2.75) is 19.0 Å². The van der Waals surface area contributed by atoms with Crippen molar-refractivity contribution in [1.29, 1.82) is 0 Å². The van der Waals surface area contributed by atoms with Gasteiger partial charge in [0.15, 0.2) is 0 Å². The molecule has 0 saturated carbocycles. The van der Waals surface area contributed by atoms with Crippen molar-refractivity contribution in [3.8, 4) is 0 Å². The average Bonchev–Trinajstić information content (AvgIpc) is 2.45. The van der Waals surface area contributed by atoms with E-state index >= 15 is 0 Å². The number of carbonyl (C=O) groups excluding carboxylic acids is 1. The molecule has 0 bridgehead atoms. The van der Waals surface area contributed by atoms with Crippen LogP contribution >= 0.6 is 12.4 Å². The molecule has 1 aromatic rings. The molecule has 1 saturated heterocycles. The second-order valence-electron chi connectivity index (χ2n) is 5.15. The normalized spacial score (nSPS) is 20.1. The Kier molecular flexibility index (Phi) is 6.73. The van der Waals surface area contributed by atoms with E-state index in [1.807, 2.05) is 12.1 Å². The SMILES string of the molecule is CC(NS(C)(=O)=O)C(=O)N1CCNCC1c1cccnc1.Cl. The van der Waals surface area contributed by atoms with E-state index in [4.69, 9.17) is 0 Å². The lowest BCUT2D eigenvalue weighted by Crippen LogP contribution is -2.54. The van der Waals surface area contributed by atoms with Crippen LogP contribution in [0.1, 0.15) is 18.5 Å². The number of nitrogens with one attached hydrogen (secondary N) is 2. The summed E-state index contributed by atoms with van der Waals surface area (Å²) in [7, 11) is -3.41. The summed E-state index contributed by atoms with van der Waals surface area (Å²) in [5.41, 5.74) is 0.935. The molecule has 2 unspecified atom stereocenters. The molecule has 9 heteroatoms. The number of amides is 1. The lowest BCUT2D eigenvalue weighted by Gasteiger charge is -2.37. The van der Waals surface area contributed by atoms with Crippen LogP contribution in [0, 0.1) is 0 Å². The van der Waals surface area contributed by atoms with Crippen molar-refractivity contribution in [3.63, 3.8) is 0 Å². The van der Waals surface area contributed by atoms with E-state index in [0.717, 1.165) is 11.8 Å². The Hall–Kier alpha value is -1.22. The highest BCUT2D eigenvalue weighted by Gasteiger charge is 2.31. The third-order valence-electron chi connectivity index (χ3n) is 3.36. The first-order chi connectivity index (χ1) is 9.88. The number of aromatic nitrogens is 1. The van der Waals surface area contributed by atoms with Crippen molar-refractivity contribution in [1.82, 2.24) is 19.9 Å². The van der Waals surface area contributed by atoms with E-state index in [-0.39, 0.29) is 24.4 Å². The summed E-state index contributed by atoms with van der Waals surface area (Å²) in [5, 5.41) is 3.25. The van der Waals surface area contributed by atoms with Gasteiger partial charge >= 0.3 is 0 Å². The molecule has 1 fully saturated rings. The van der Waals surface area contributed by atoms with Gasteiger partial charge in [0.1, 0.15) is 0 Å². The molecular formula is C13H21ClN4O3S. The van der Waals surface area contributed by atoms with Crippen LogP contribution in [0.5, 0.6) is 0 Å². The molecule has 0 aliphatic carbocycles. The van der Waals surface area contributed by atoms with Crippen LogP contribution in [-0.2, 0) is 14.8 Å². The van der Waals surface area contributed by atoms with Crippen LogP contribution in [0.4, 0.5) is 0 Å². The zero-order valence-electron chi connectivity index (χ0n) is 12.5. The Balaban J connectivity index is 0.00000242. The topological polar surface area (TPSA) is 91.4 Å². The Labute approximate surface area is 136 Å². The third kappa shape index (κ3) is 4.91. The zero-order chi connectivity index (χ0) is 15.5. The van der Waals surface area contributed by atoms with Gasteiger partial charge in [-0.15, -0.1) is 12.4 Å². The van der Waals surface area contributed by atoms with E-state index in [1.54, 1.807) is 24.2 Å². The predicted octanol–water partition coefficient (Wildman–Crippen LogP) is -0.0860. The molecule has 0 aromatic carbocycles. The summed E-state index contributed by atoms with van der Waals surface area (Å²) in [4.78, 5) is 18.3. The maximum absolute atomic E-state index is 12.5. The monoisotopic (exact) mass is 348 g/mol. The molecule has 1 amide bonds. The second-order valence-corrected chi connectivity index (χ2v) is 6.93. The van der Waals surface area contributed by atoms with Gasteiger partial charge in [-0.05, 0) is 18.6 Å². The number of pyridine rings is 1. The Morgan fingerprint density at radius 3 is 2.86 bits per heavy atom. The number of halogens is 1. The quantitative estimate of drug-likeness (QED) is 0.793. The Bertz CT molecular complexity index is 597. The number of hydrogen-bond acceptors (Lipinski definition) is 5. The summed E-state index contributed by atoms with van der Waals surface area (Å²) < 4.78 is 24.9. The van der Waals surface area contributed by atoms with Crippen molar-refractivity contribution < 1.29 is 13.2 Å². The molecule has 2 N–H and O–H groups in total. The van der Waals surface area contributed by atoms with Gasteiger partial charge in [-0.3, -0.25) is 9.78 Å². The molecule has 124 valence electrons. The van der Waals surface area contributed by atoms with Crippen LogP contribution in [0.3, 0.4) is 0 Å². The number of nitrogens with zero attached hydrogens (tertiary/aromatic N) is 2. The van der Waals surface area contributed by atoms with Gasteiger partial charge in [-0.25, -0.2) is 13.1 Å². The minimum atomic E-state index is -3.41. The number of hydrogen-bond donors (Lipinski definition) is 2. The summed E-state index contributed by atoms with van der Waals surface area (Å²) >= 11 is 0. The van der Waals surface area contributed by atoms with Crippen molar-refractivity contribution in [2.75, 3.05) is 25.9 Å². The highest BCUT2D eigenvalue weighted by molar-refractivity contribution is 7.88. The average molecular weight is 349 g/mol. The van der Waals surface area contributed by atoms with Gasteiger partial charge in [0.25, 0.3) is 0 Å². The maximum Gasteiger partial charge on any atom is 0.241 e. The molecule has 7 nitrogen and oxygen atoms in total. The first-order valence-corrected chi connectivity index (χ1v) is 8.66. The highest BCUT2D eigenvalue weighted by atomic mass is 35.5. The molecule has 1 aliphatic heterocycles. The van der Waals surface area contributed by atoms with Gasteiger partial charge in [-0.2, -0.15) is 0 Å². The summed E-state index contributed by atoms with van der Waals surface area (Å²) in [5.74, 6) is -0.226. The van der Waals surface area contributed by atoms with Crippen LogP contribution in [0.25, 0.3) is 0 Å². The van der Waals surface area contributed by atoms with E-state index in [2.05, 4.69) is 15.0 Å². The van der Waals surface area contributed by atoms with E-state index in [1.165, 1.54) is 0 Å². The molecule has 0 spiro atoms. The van der Waals surface area contributed by atoms with Gasteiger partial charge in [0.2, 0.25) is 15.9 Å². The zero-order valence-corrected chi connectivity index (χ0v) is 14.2. The molecule has 1 aromatic heterocycles. The van der Waals surface area contributed by atoms with E-state index in [9.17, 15) is 13.2 Å². The van der Waals surface area contributed by atoms with Crippen molar-refractivity contribution in [2.24, 2.45) is 0 Å². The Morgan fingerprint density at radius 2 is 2.27 bits per heavy atom. The van der Waals surface area contributed by atoms with Crippen molar-refractivity contribution >= 4 is 28.3 Å². The molecular weight excluding hydrogens is 328 g/mol. The Morgan fingerprint density at radius 1 is 1.55 bits per heavy atom. The first kappa shape index (κ1) is 18.8. The predicted molar refractivity (Wildman–Crippen MR) is 86.3 cm³/mol. The van der Waals surface area contributed by atoms with Gasteiger partial charge in [-0.1, -0.05) is 6.07 Å². The second kappa shape index (κ2) is 7.87. The standard InChI is InChI=1S/C13H20N4O3S.ClH/c1-10(16-21(2,19)20)13(18)17-7-6-15-9-12(17)11-4-3-5-14-8-11;/h3-5,8,10,12,15-16H,6-7,9H2,1-2H3;1H. The van der Waals surface area contributed by atoms with Crippen molar-refractivity contribution in [3.05, 3.63) is 30.1 Å². The third-order valence-corrected chi connectivity index (χ3v) is 4.14. The van der Waals surface area contributed by atoms with Crippen LogP contribution < -0.4 is 10.0 Å². The number of rotatable bonds is 4. The van der Waals surface area contributed by atoms with Gasteiger partial charge in [0.05, 0.1) is 18.3 Å². The van der Waals surface area contributed by atoms with Crippen LogP contribution in [-0.4, -0.2) is 56.1 Å². The number of sulfonamides is 1. The smallest absolute Gasteiger partial charge is 0.241 e. The summed E-state index contributed by atoms with van der Waals surface area (Å²) in [6, 6.07) is 2.82. The summed E-state index contributed by atoms with van der Waals surface area (Å²) in [6.07, 6.45) is 4.46. The van der Waals surface area contributed by atoms with Gasteiger partial charge < -0.3 is 10.2 Å². The molecule has 2 heterocycles. The lowest BCUT2D eigenvalue weighted by atomic mass is 10.0.